The number of nitrogens with one attached hydrogen (secondary N) is 1. The van der Waals surface area contributed by atoms with Crippen molar-refractivity contribution in [2.75, 3.05) is 19.6 Å². The normalized spacial score (nSPS) is 19.1. The first kappa shape index (κ1) is 15.0. The van der Waals surface area contributed by atoms with Crippen molar-refractivity contribution in [3.8, 4) is 0 Å². The SMILES string of the molecule is CCN(CC1CCCCN1)C(=O)Cc1c(C)noc1C. The Morgan fingerprint density at radius 3 is 2.80 bits per heavy atom. The van der Waals surface area contributed by atoms with E-state index in [1.807, 2.05) is 25.7 Å². The largest absolute Gasteiger partial charge is 0.361 e. The van der Waals surface area contributed by atoms with Crippen LogP contribution in [0.2, 0.25) is 0 Å². The van der Waals surface area contributed by atoms with Crippen molar-refractivity contribution in [1.29, 1.82) is 0 Å². The van der Waals surface area contributed by atoms with Gasteiger partial charge in [-0.3, -0.25) is 4.79 Å². The minimum absolute atomic E-state index is 0.161. The monoisotopic (exact) mass is 279 g/mol. The van der Waals surface area contributed by atoms with Crippen LogP contribution < -0.4 is 5.32 Å². The van der Waals surface area contributed by atoms with Crippen LogP contribution in [0.1, 0.15) is 43.2 Å². The predicted molar refractivity (Wildman–Crippen MR) is 77.6 cm³/mol. The third kappa shape index (κ3) is 3.60. The van der Waals surface area contributed by atoms with Gasteiger partial charge in [0, 0.05) is 24.7 Å². The highest BCUT2D eigenvalue weighted by molar-refractivity contribution is 5.79. The lowest BCUT2D eigenvalue weighted by Gasteiger charge is -2.30. The van der Waals surface area contributed by atoms with Gasteiger partial charge in [-0.2, -0.15) is 0 Å². The first-order chi connectivity index (χ1) is 9.61. The fourth-order valence-electron chi connectivity index (χ4n) is 2.77. The summed E-state index contributed by atoms with van der Waals surface area (Å²) in [6, 6.07) is 0.442. The summed E-state index contributed by atoms with van der Waals surface area (Å²) in [7, 11) is 0. The van der Waals surface area contributed by atoms with Crippen molar-refractivity contribution in [2.24, 2.45) is 0 Å². The highest BCUT2D eigenvalue weighted by atomic mass is 16.5. The second-order valence-electron chi connectivity index (χ2n) is 5.56. The summed E-state index contributed by atoms with van der Waals surface area (Å²) in [5.41, 5.74) is 1.76. The van der Waals surface area contributed by atoms with Gasteiger partial charge in [-0.05, 0) is 40.2 Å². The molecule has 1 amide bonds. The minimum atomic E-state index is 0.161. The summed E-state index contributed by atoms with van der Waals surface area (Å²) < 4.78 is 5.13. The third-order valence-corrected chi connectivity index (χ3v) is 4.10. The summed E-state index contributed by atoms with van der Waals surface area (Å²) in [5.74, 6) is 0.914. The van der Waals surface area contributed by atoms with Gasteiger partial charge in [-0.15, -0.1) is 0 Å². The number of hydrogen-bond donors (Lipinski definition) is 1. The van der Waals surface area contributed by atoms with E-state index in [0.717, 1.165) is 43.1 Å². The average Bonchev–Trinajstić information content (AvgIpc) is 2.77. The predicted octanol–water partition coefficient (Wildman–Crippen LogP) is 1.82. The number of likely N-dealkylation sites (N-methyl/N-ethyl adjacent to an activating group) is 1. The third-order valence-electron chi connectivity index (χ3n) is 4.10. The highest BCUT2D eigenvalue weighted by Gasteiger charge is 2.21. The van der Waals surface area contributed by atoms with E-state index in [-0.39, 0.29) is 5.91 Å². The number of aromatic nitrogens is 1. The van der Waals surface area contributed by atoms with E-state index in [1.54, 1.807) is 0 Å². The van der Waals surface area contributed by atoms with Gasteiger partial charge in [-0.25, -0.2) is 0 Å². The molecule has 0 aromatic carbocycles. The molecule has 0 saturated carbocycles. The van der Waals surface area contributed by atoms with Crippen LogP contribution in [-0.2, 0) is 11.2 Å². The molecule has 112 valence electrons. The second kappa shape index (κ2) is 6.88. The zero-order valence-corrected chi connectivity index (χ0v) is 12.7. The van der Waals surface area contributed by atoms with Crippen LogP contribution in [0, 0.1) is 13.8 Å². The van der Waals surface area contributed by atoms with Crippen LogP contribution in [0.4, 0.5) is 0 Å². The number of carbonyl (C=O) groups is 1. The molecule has 1 fully saturated rings. The van der Waals surface area contributed by atoms with E-state index in [2.05, 4.69) is 10.5 Å². The fraction of sp³-hybridized carbons (Fsp3) is 0.733. The van der Waals surface area contributed by atoms with Gasteiger partial charge in [0.15, 0.2) is 0 Å². The van der Waals surface area contributed by atoms with Crippen LogP contribution in [0.15, 0.2) is 4.52 Å². The Hall–Kier alpha value is -1.36. The van der Waals surface area contributed by atoms with E-state index in [0.29, 0.717) is 12.5 Å². The highest BCUT2D eigenvalue weighted by Crippen LogP contribution is 2.15. The molecule has 1 aromatic rings. The van der Waals surface area contributed by atoms with Crippen LogP contribution >= 0.6 is 0 Å². The van der Waals surface area contributed by atoms with Crippen LogP contribution in [0.3, 0.4) is 0 Å². The molecule has 2 rings (SSSR count). The molecule has 0 spiro atoms. The summed E-state index contributed by atoms with van der Waals surface area (Å²) in [6.07, 6.45) is 4.06. The molecular formula is C15H25N3O2. The zero-order chi connectivity index (χ0) is 14.5. The lowest BCUT2D eigenvalue weighted by Crippen LogP contribution is -2.46. The molecule has 1 unspecified atom stereocenters. The van der Waals surface area contributed by atoms with Crippen LogP contribution in [0.5, 0.6) is 0 Å². The van der Waals surface area contributed by atoms with Gasteiger partial charge < -0.3 is 14.7 Å². The van der Waals surface area contributed by atoms with Crippen molar-refractivity contribution >= 4 is 5.91 Å². The fourth-order valence-corrected chi connectivity index (χ4v) is 2.77. The van der Waals surface area contributed by atoms with Crippen LogP contribution in [0.25, 0.3) is 0 Å². The quantitative estimate of drug-likeness (QED) is 0.893. The molecule has 5 nitrogen and oxygen atoms in total. The van der Waals surface area contributed by atoms with E-state index < -0.39 is 0 Å². The maximum absolute atomic E-state index is 12.4. The van der Waals surface area contributed by atoms with Crippen molar-refractivity contribution in [3.63, 3.8) is 0 Å². The Kier molecular flexibility index (Phi) is 5.17. The van der Waals surface area contributed by atoms with Gasteiger partial charge in [0.1, 0.15) is 5.76 Å². The molecule has 1 saturated heterocycles. The Morgan fingerprint density at radius 2 is 2.25 bits per heavy atom. The Balaban J connectivity index is 1.94. The maximum atomic E-state index is 12.4. The van der Waals surface area contributed by atoms with Gasteiger partial charge in [0.25, 0.3) is 0 Å². The molecule has 0 radical (unpaired) electrons. The van der Waals surface area contributed by atoms with E-state index in [4.69, 9.17) is 4.52 Å². The maximum Gasteiger partial charge on any atom is 0.227 e. The molecule has 0 aliphatic carbocycles. The number of nitrogens with zero attached hydrogens (tertiary/aromatic N) is 2. The van der Waals surface area contributed by atoms with Crippen molar-refractivity contribution in [3.05, 3.63) is 17.0 Å². The number of hydrogen-bond acceptors (Lipinski definition) is 4. The molecule has 1 aliphatic heterocycles. The molecular weight excluding hydrogens is 254 g/mol. The number of aryl methyl sites for hydroxylation is 2. The van der Waals surface area contributed by atoms with Gasteiger partial charge >= 0.3 is 0 Å². The van der Waals surface area contributed by atoms with Crippen molar-refractivity contribution in [2.45, 2.75) is 52.5 Å². The van der Waals surface area contributed by atoms with E-state index >= 15 is 0 Å². The van der Waals surface area contributed by atoms with Crippen LogP contribution in [-0.4, -0.2) is 41.6 Å². The number of amides is 1. The molecule has 1 aliphatic rings. The first-order valence-corrected chi connectivity index (χ1v) is 7.54. The Bertz CT molecular complexity index is 430. The van der Waals surface area contributed by atoms with Gasteiger partial charge in [0.05, 0.1) is 12.1 Å². The minimum Gasteiger partial charge on any atom is -0.361 e. The van der Waals surface area contributed by atoms with Crippen molar-refractivity contribution < 1.29 is 9.32 Å². The van der Waals surface area contributed by atoms with E-state index in [1.165, 1.54) is 12.8 Å². The number of carbonyl (C=O) groups excluding carboxylic acids is 1. The lowest BCUT2D eigenvalue weighted by atomic mass is 10.0. The standard InChI is InChI=1S/C15H25N3O2/c1-4-18(10-13-7-5-6-8-16-13)15(19)9-14-11(2)17-20-12(14)3/h13,16H,4-10H2,1-3H3. The molecule has 2 heterocycles. The molecule has 0 bridgehead atoms. The Morgan fingerprint density at radius 1 is 1.45 bits per heavy atom. The Labute approximate surface area is 120 Å². The summed E-state index contributed by atoms with van der Waals surface area (Å²) in [5, 5.41) is 7.41. The molecule has 5 heteroatoms. The first-order valence-electron chi connectivity index (χ1n) is 7.54. The molecule has 1 aromatic heterocycles. The topological polar surface area (TPSA) is 58.4 Å². The number of piperidine rings is 1. The molecule has 20 heavy (non-hydrogen) atoms. The second-order valence-corrected chi connectivity index (χ2v) is 5.56. The summed E-state index contributed by atoms with van der Waals surface area (Å²) in [4.78, 5) is 14.4. The number of rotatable bonds is 5. The average molecular weight is 279 g/mol. The molecule has 1 atom stereocenters. The lowest BCUT2D eigenvalue weighted by molar-refractivity contribution is -0.130. The molecule has 1 N–H and O–H groups in total. The van der Waals surface area contributed by atoms with Crippen molar-refractivity contribution in [1.82, 2.24) is 15.4 Å². The summed E-state index contributed by atoms with van der Waals surface area (Å²) in [6.45, 7) is 8.41. The zero-order valence-electron chi connectivity index (χ0n) is 12.7. The van der Waals surface area contributed by atoms with E-state index in [9.17, 15) is 4.79 Å². The van der Waals surface area contributed by atoms with Gasteiger partial charge in [-0.1, -0.05) is 11.6 Å². The smallest absolute Gasteiger partial charge is 0.227 e. The van der Waals surface area contributed by atoms with Gasteiger partial charge in [0.2, 0.25) is 5.91 Å². The summed E-state index contributed by atoms with van der Waals surface area (Å²) >= 11 is 0.